The largest absolute Gasteiger partial charge is 0.478 e. The van der Waals surface area contributed by atoms with Crippen molar-refractivity contribution in [2.75, 3.05) is 6.61 Å². The summed E-state index contributed by atoms with van der Waals surface area (Å²) in [6, 6.07) is 45.0. The molecule has 54 heavy (non-hydrogen) atoms. The second-order valence-corrected chi connectivity index (χ2v) is 13.5. The quantitative estimate of drug-likeness (QED) is 0.105. The van der Waals surface area contributed by atoms with Gasteiger partial charge < -0.3 is 20.4 Å². The Bertz CT molecular complexity index is 2390. The van der Waals surface area contributed by atoms with E-state index in [1.54, 1.807) is 72.8 Å². The summed E-state index contributed by atoms with van der Waals surface area (Å²) >= 11 is 0. The first-order valence-electron chi connectivity index (χ1n) is 17.5. The van der Waals surface area contributed by atoms with Crippen LogP contribution in [0.15, 0.2) is 158 Å². The monoisotopic (exact) mass is 712 g/mol. The summed E-state index contributed by atoms with van der Waals surface area (Å²) in [5.74, 6) is -2.91. The van der Waals surface area contributed by atoms with Crippen LogP contribution in [-0.2, 0) is 5.41 Å². The SMILES string of the molecule is O=C(O)c1ccc(-c2ccc(C3=CC(CCO)(c4ccc(-c5ccc(C(=O)O)cc5)cc4)CC(c4ccc(-c5ccc(C(=O)O)cc5)cc4)=C3)cc2)cc1. The smallest absolute Gasteiger partial charge is 0.335 e. The summed E-state index contributed by atoms with van der Waals surface area (Å²) in [5, 5.41) is 38.5. The molecule has 7 rings (SSSR count). The maximum Gasteiger partial charge on any atom is 0.335 e. The number of benzene rings is 6. The van der Waals surface area contributed by atoms with E-state index >= 15 is 0 Å². The molecule has 1 aliphatic rings. The van der Waals surface area contributed by atoms with Crippen molar-refractivity contribution in [2.24, 2.45) is 0 Å². The number of hydrogen-bond donors (Lipinski definition) is 4. The predicted molar refractivity (Wildman–Crippen MR) is 210 cm³/mol. The number of carbonyl (C=O) groups is 3. The Hall–Kier alpha value is -6.83. The van der Waals surface area contributed by atoms with Crippen LogP contribution in [0.2, 0.25) is 0 Å². The molecule has 266 valence electrons. The highest BCUT2D eigenvalue weighted by molar-refractivity contribution is 5.91. The van der Waals surface area contributed by atoms with E-state index in [9.17, 15) is 34.8 Å². The molecule has 0 amide bonds. The van der Waals surface area contributed by atoms with Crippen molar-refractivity contribution in [3.8, 4) is 33.4 Å². The number of aliphatic hydroxyl groups is 1. The Morgan fingerprint density at radius 1 is 0.444 bits per heavy atom. The molecule has 0 spiro atoms. The zero-order valence-corrected chi connectivity index (χ0v) is 29.1. The molecule has 0 heterocycles. The average Bonchev–Trinajstić information content (AvgIpc) is 3.21. The normalized spacial score (nSPS) is 15.2. The van der Waals surface area contributed by atoms with E-state index in [0.717, 1.165) is 61.2 Å². The fraction of sp³-hybridized carbons (Fsp3) is 0.0851. The van der Waals surface area contributed by atoms with Crippen LogP contribution in [-0.4, -0.2) is 44.9 Å². The molecular weight excluding hydrogens is 677 g/mol. The molecule has 0 saturated heterocycles. The number of carboxylic acids is 3. The van der Waals surface area contributed by atoms with E-state index in [4.69, 9.17) is 0 Å². The van der Waals surface area contributed by atoms with Gasteiger partial charge in [0.05, 0.1) is 16.7 Å². The van der Waals surface area contributed by atoms with Crippen molar-refractivity contribution >= 4 is 29.1 Å². The first kappa shape index (κ1) is 35.6. The topological polar surface area (TPSA) is 132 Å². The van der Waals surface area contributed by atoms with Gasteiger partial charge in [0.2, 0.25) is 0 Å². The van der Waals surface area contributed by atoms with Crippen LogP contribution in [0, 0.1) is 0 Å². The van der Waals surface area contributed by atoms with Crippen molar-refractivity contribution in [3.05, 3.63) is 191 Å². The lowest BCUT2D eigenvalue weighted by Crippen LogP contribution is -2.28. The zero-order chi connectivity index (χ0) is 37.8. The van der Waals surface area contributed by atoms with Crippen molar-refractivity contribution < 1.29 is 34.8 Å². The zero-order valence-electron chi connectivity index (χ0n) is 29.1. The van der Waals surface area contributed by atoms with Crippen molar-refractivity contribution in [3.63, 3.8) is 0 Å². The average molecular weight is 713 g/mol. The Labute approximate surface area is 312 Å². The van der Waals surface area contributed by atoms with E-state index in [1.165, 1.54) is 0 Å². The van der Waals surface area contributed by atoms with E-state index in [-0.39, 0.29) is 23.3 Å². The first-order valence-corrected chi connectivity index (χ1v) is 17.5. The minimum atomic E-state index is -0.973. The van der Waals surface area contributed by atoms with Crippen LogP contribution in [0.1, 0.15) is 60.6 Å². The third-order valence-electron chi connectivity index (χ3n) is 10.2. The standard InChI is InChI=1S/C47H36O7/c48-26-25-47(43-23-21-35(22-24-43)34-13-19-40(20-14-34)46(53)54)28-41(36-5-1-30(2-6-36)32-9-15-38(16-10-32)44(49)50)27-42(29-47)37-7-3-31(4-8-37)33-11-17-39(18-12-33)45(51)52/h1-24,27-28,48H,25-26,29H2,(H,49,50)(H,51,52)(H,53,54). The van der Waals surface area contributed by atoms with Gasteiger partial charge in [0.25, 0.3) is 0 Å². The molecule has 1 atom stereocenters. The molecule has 0 saturated carbocycles. The van der Waals surface area contributed by atoms with Gasteiger partial charge in [-0.1, -0.05) is 121 Å². The van der Waals surface area contributed by atoms with Crippen LogP contribution in [0.25, 0.3) is 44.5 Å². The molecule has 7 heteroatoms. The Morgan fingerprint density at radius 2 is 0.759 bits per heavy atom. The van der Waals surface area contributed by atoms with Gasteiger partial charge in [-0.05, 0) is 110 Å². The highest BCUT2D eigenvalue weighted by Crippen LogP contribution is 2.46. The van der Waals surface area contributed by atoms with Gasteiger partial charge in [-0.15, -0.1) is 0 Å². The lowest BCUT2D eigenvalue weighted by atomic mass is 9.67. The van der Waals surface area contributed by atoms with Crippen LogP contribution >= 0.6 is 0 Å². The Kier molecular flexibility index (Phi) is 9.90. The van der Waals surface area contributed by atoms with Crippen molar-refractivity contribution in [2.45, 2.75) is 18.3 Å². The van der Waals surface area contributed by atoms with E-state index in [0.29, 0.717) is 12.8 Å². The molecule has 0 radical (unpaired) electrons. The Balaban J connectivity index is 1.27. The predicted octanol–water partition coefficient (Wildman–Crippen LogP) is 9.97. The van der Waals surface area contributed by atoms with Crippen LogP contribution in [0.4, 0.5) is 0 Å². The van der Waals surface area contributed by atoms with E-state index in [1.807, 2.05) is 36.4 Å². The molecule has 1 unspecified atom stereocenters. The van der Waals surface area contributed by atoms with E-state index < -0.39 is 23.3 Å². The maximum atomic E-state index is 11.4. The first-order chi connectivity index (χ1) is 26.1. The molecular formula is C47H36O7. The van der Waals surface area contributed by atoms with Gasteiger partial charge in [-0.2, -0.15) is 0 Å². The van der Waals surface area contributed by atoms with Gasteiger partial charge in [0.15, 0.2) is 0 Å². The summed E-state index contributed by atoms with van der Waals surface area (Å²) in [5.41, 5.74) is 10.9. The van der Waals surface area contributed by atoms with Crippen LogP contribution < -0.4 is 0 Å². The molecule has 0 bridgehead atoms. The molecule has 6 aromatic rings. The molecule has 1 aliphatic carbocycles. The molecule has 4 N–H and O–H groups in total. The molecule has 0 aliphatic heterocycles. The highest BCUT2D eigenvalue weighted by Gasteiger charge is 2.34. The van der Waals surface area contributed by atoms with Gasteiger partial charge in [0, 0.05) is 12.0 Å². The van der Waals surface area contributed by atoms with Gasteiger partial charge in [0.1, 0.15) is 0 Å². The molecule has 6 aromatic carbocycles. The number of aliphatic hydroxyl groups excluding tert-OH is 1. The van der Waals surface area contributed by atoms with Crippen LogP contribution in [0.5, 0.6) is 0 Å². The third-order valence-corrected chi connectivity index (χ3v) is 10.2. The maximum absolute atomic E-state index is 11.4. The Morgan fingerprint density at radius 3 is 1.11 bits per heavy atom. The second kappa shape index (κ2) is 15.0. The van der Waals surface area contributed by atoms with Crippen molar-refractivity contribution in [1.29, 1.82) is 0 Å². The summed E-state index contributed by atoms with van der Waals surface area (Å²) < 4.78 is 0. The summed E-state index contributed by atoms with van der Waals surface area (Å²) in [6.45, 7) is -0.0357. The van der Waals surface area contributed by atoms with Gasteiger partial charge >= 0.3 is 17.9 Å². The summed E-state index contributed by atoms with van der Waals surface area (Å²) in [4.78, 5) is 34.1. The summed E-state index contributed by atoms with van der Waals surface area (Å²) in [7, 11) is 0. The molecule has 7 nitrogen and oxygen atoms in total. The number of aromatic carboxylic acids is 3. The summed E-state index contributed by atoms with van der Waals surface area (Å²) in [6.07, 6.45) is 5.55. The highest BCUT2D eigenvalue weighted by atomic mass is 16.4. The minimum Gasteiger partial charge on any atom is -0.478 e. The second-order valence-electron chi connectivity index (χ2n) is 13.5. The fourth-order valence-electron chi connectivity index (χ4n) is 7.15. The lowest BCUT2D eigenvalue weighted by Gasteiger charge is -2.36. The lowest BCUT2D eigenvalue weighted by molar-refractivity contribution is 0.0686. The minimum absolute atomic E-state index is 0.0357. The number of carboxylic acid groups (broad SMARTS) is 3. The molecule has 0 fully saturated rings. The molecule has 0 aromatic heterocycles. The number of allylic oxidation sites excluding steroid dienone is 4. The van der Waals surface area contributed by atoms with Crippen LogP contribution in [0.3, 0.4) is 0 Å². The number of hydrogen-bond acceptors (Lipinski definition) is 4. The van der Waals surface area contributed by atoms with E-state index in [2.05, 4.69) is 48.6 Å². The van der Waals surface area contributed by atoms with Crippen molar-refractivity contribution in [1.82, 2.24) is 0 Å². The third kappa shape index (κ3) is 7.39. The number of rotatable bonds is 11. The fourth-order valence-corrected chi connectivity index (χ4v) is 7.15. The van der Waals surface area contributed by atoms with Gasteiger partial charge in [-0.3, -0.25) is 0 Å². The van der Waals surface area contributed by atoms with Gasteiger partial charge in [-0.25, -0.2) is 14.4 Å².